The van der Waals surface area contributed by atoms with Gasteiger partial charge in [-0.3, -0.25) is 0 Å². The van der Waals surface area contributed by atoms with Crippen LogP contribution in [0.5, 0.6) is 0 Å². The van der Waals surface area contributed by atoms with Gasteiger partial charge in [0.15, 0.2) is 5.82 Å². The van der Waals surface area contributed by atoms with E-state index in [9.17, 15) is 0 Å². The zero-order valence-corrected chi connectivity index (χ0v) is 12.8. The highest BCUT2D eigenvalue weighted by Crippen LogP contribution is 2.29. The first kappa shape index (κ1) is 14.8. The van der Waals surface area contributed by atoms with Gasteiger partial charge in [0, 0.05) is 16.3 Å². The number of rotatable bonds is 5. The van der Waals surface area contributed by atoms with Crippen molar-refractivity contribution in [2.75, 3.05) is 5.73 Å². The molecule has 1 heterocycles. The van der Waals surface area contributed by atoms with Gasteiger partial charge >= 0.3 is 0 Å². The molecule has 0 amide bonds. The number of tetrazole rings is 1. The van der Waals surface area contributed by atoms with E-state index < -0.39 is 0 Å². The molecule has 0 bridgehead atoms. The molecule has 0 radical (unpaired) electrons. The largest absolute Gasteiger partial charge is 0.398 e. The molecule has 0 saturated heterocycles. The van der Waals surface area contributed by atoms with Crippen molar-refractivity contribution in [2.45, 2.75) is 39.7 Å². The van der Waals surface area contributed by atoms with E-state index in [1.165, 1.54) is 0 Å². The minimum Gasteiger partial charge on any atom is -0.398 e. The third-order valence-electron chi connectivity index (χ3n) is 3.33. The highest BCUT2D eigenvalue weighted by atomic mass is 35.5. The minimum atomic E-state index is 0.223. The molecule has 2 N–H and O–H groups in total. The van der Waals surface area contributed by atoms with Crippen LogP contribution in [0, 0.1) is 5.92 Å². The van der Waals surface area contributed by atoms with Crippen LogP contribution in [0.4, 0.5) is 5.69 Å². The Balaban J connectivity index is 2.30. The van der Waals surface area contributed by atoms with Crippen molar-refractivity contribution in [3.8, 4) is 11.4 Å². The van der Waals surface area contributed by atoms with Gasteiger partial charge in [-0.15, -0.1) is 5.10 Å². The number of nitrogen functional groups attached to an aromatic ring is 1. The number of anilines is 1. The Kier molecular flexibility index (Phi) is 4.60. The summed E-state index contributed by atoms with van der Waals surface area (Å²) in [7, 11) is 0. The lowest BCUT2D eigenvalue weighted by Gasteiger charge is -2.15. The summed E-state index contributed by atoms with van der Waals surface area (Å²) < 4.78 is 1.82. The summed E-state index contributed by atoms with van der Waals surface area (Å²) in [5.41, 5.74) is 7.41. The van der Waals surface area contributed by atoms with E-state index in [0.29, 0.717) is 22.5 Å². The van der Waals surface area contributed by atoms with Crippen molar-refractivity contribution in [3.63, 3.8) is 0 Å². The van der Waals surface area contributed by atoms with Gasteiger partial charge in [-0.05, 0) is 54.3 Å². The highest BCUT2D eigenvalue weighted by molar-refractivity contribution is 6.31. The van der Waals surface area contributed by atoms with Crippen molar-refractivity contribution >= 4 is 17.3 Å². The topological polar surface area (TPSA) is 69.6 Å². The standard InChI is InChI=1S/C14H20ClN5/c1-9(2)4-5-10(3)20-14(17-18-19-20)12-8-11(15)6-7-13(12)16/h6-10H,4-5,16H2,1-3H3. The zero-order valence-electron chi connectivity index (χ0n) is 12.0. The molecule has 1 atom stereocenters. The third-order valence-corrected chi connectivity index (χ3v) is 3.56. The van der Waals surface area contributed by atoms with Crippen LogP contribution in [0.15, 0.2) is 18.2 Å². The van der Waals surface area contributed by atoms with Gasteiger partial charge < -0.3 is 5.73 Å². The average molecular weight is 294 g/mol. The summed E-state index contributed by atoms with van der Waals surface area (Å²) in [6, 6.07) is 5.56. The fourth-order valence-electron chi connectivity index (χ4n) is 2.09. The van der Waals surface area contributed by atoms with Crippen LogP contribution >= 0.6 is 11.6 Å². The molecular weight excluding hydrogens is 274 g/mol. The number of halogens is 1. The maximum atomic E-state index is 6.03. The molecule has 0 aliphatic carbocycles. The maximum Gasteiger partial charge on any atom is 0.184 e. The molecule has 2 aromatic rings. The lowest BCUT2D eigenvalue weighted by Crippen LogP contribution is -2.10. The zero-order chi connectivity index (χ0) is 14.7. The summed E-state index contributed by atoms with van der Waals surface area (Å²) in [5.74, 6) is 1.33. The van der Waals surface area contributed by atoms with Crippen molar-refractivity contribution in [2.24, 2.45) is 5.92 Å². The van der Waals surface area contributed by atoms with E-state index in [1.807, 2.05) is 4.68 Å². The Hall–Kier alpha value is -1.62. The van der Waals surface area contributed by atoms with Crippen molar-refractivity contribution in [1.29, 1.82) is 0 Å². The molecule has 0 aliphatic heterocycles. The first-order valence-corrected chi connectivity index (χ1v) is 7.20. The lowest BCUT2D eigenvalue weighted by atomic mass is 10.0. The Morgan fingerprint density at radius 1 is 1.25 bits per heavy atom. The second-order valence-corrected chi connectivity index (χ2v) is 5.94. The van der Waals surface area contributed by atoms with Gasteiger partial charge in [-0.1, -0.05) is 25.4 Å². The molecule has 5 nitrogen and oxygen atoms in total. The summed E-state index contributed by atoms with van der Waals surface area (Å²) >= 11 is 6.03. The molecule has 1 aromatic carbocycles. The number of benzene rings is 1. The first-order valence-electron chi connectivity index (χ1n) is 6.82. The quantitative estimate of drug-likeness (QED) is 0.856. The van der Waals surface area contributed by atoms with E-state index in [-0.39, 0.29) is 6.04 Å². The number of aromatic nitrogens is 4. The SMILES string of the molecule is CC(C)CCC(C)n1nnnc1-c1cc(Cl)ccc1N. The molecule has 108 valence electrons. The van der Waals surface area contributed by atoms with E-state index >= 15 is 0 Å². The Morgan fingerprint density at radius 2 is 2.00 bits per heavy atom. The Morgan fingerprint density at radius 3 is 2.70 bits per heavy atom. The van der Waals surface area contributed by atoms with Crippen LogP contribution in [-0.2, 0) is 0 Å². The van der Waals surface area contributed by atoms with Crippen LogP contribution in [-0.4, -0.2) is 20.2 Å². The molecule has 0 spiro atoms. The fraction of sp³-hybridized carbons (Fsp3) is 0.500. The van der Waals surface area contributed by atoms with E-state index in [1.54, 1.807) is 18.2 Å². The third kappa shape index (κ3) is 3.28. The molecule has 0 saturated carbocycles. The van der Waals surface area contributed by atoms with Crippen LogP contribution < -0.4 is 5.73 Å². The van der Waals surface area contributed by atoms with Crippen LogP contribution in [0.1, 0.15) is 39.7 Å². The van der Waals surface area contributed by atoms with Crippen LogP contribution in [0.3, 0.4) is 0 Å². The van der Waals surface area contributed by atoms with Gasteiger partial charge in [0.25, 0.3) is 0 Å². The molecule has 20 heavy (non-hydrogen) atoms. The van der Waals surface area contributed by atoms with E-state index in [2.05, 4.69) is 36.3 Å². The average Bonchev–Trinajstić information content (AvgIpc) is 2.88. The highest BCUT2D eigenvalue weighted by Gasteiger charge is 2.17. The van der Waals surface area contributed by atoms with Gasteiger partial charge in [0.1, 0.15) is 0 Å². The smallest absolute Gasteiger partial charge is 0.184 e. The second kappa shape index (κ2) is 6.22. The molecule has 0 aliphatic rings. The van der Waals surface area contributed by atoms with Gasteiger partial charge in [-0.2, -0.15) is 0 Å². The number of hydrogen-bond acceptors (Lipinski definition) is 4. The number of nitrogens with two attached hydrogens (primary N) is 1. The van der Waals surface area contributed by atoms with Crippen molar-refractivity contribution in [1.82, 2.24) is 20.2 Å². The number of nitrogens with zero attached hydrogens (tertiary/aromatic N) is 4. The van der Waals surface area contributed by atoms with Crippen LogP contribution in [0.2, 0.25) is 5.02 Å². The summed E-state index contributed by atoms with van der Waals surface area (Å²) in [4.78, 5) is 0. The molecular formula is C14H20ClN5. The van der Waals surface area contributed by atoms with Gasteiger partial charge in [-0.25, -0.2) is 4.68 Å². The molecule has 6 heteroatoms. The first-order chi connectivity index (χ1) is 9.49. The monoisotopic (exact) mass is 293 g/mol. The van der Waals surface area contributed by atoms with Gasteiger partial charge in [0.05, 0.1) is 6.04 Å². The molecule has 1 aromatic heterocycles. The fourth-order valence-corrected chi connectivity index (χ4v) is 2.26. The predicted molar refractivity (Wildman–Crippen MR) is 81.5 cm³/mol. The molecule has 1 unspecified atom stereocenters. The summed E-state index contributed by atoms with van der Waals surface area (Å²) in [6.07, 6.45) is 2.15. The normalized spacial score (nSPS) is 12.8. The maximum absolute atomic E-state index is 6.03. The predicted octanol–water partition coefficient (Wildman–Crippen LogP) is 3.57. The lowest BCUT2D eigenvalue weighted by molar-refractivity contribution is 0.406. The summed E-state index contributed by atoms with van der Waals surface area (Å²) in [6.45, 7) is 6.54. The molecule has 2 rings (SSSR count). The van der Waals surface area contributed by atoms with E-state index in [0.717, 1.165) is 18.4 Å². The minimum absolute atomic E-state index is 0.223. The van der Waals surface area contributed by atoms with Crippen LogP contribution in [0.25, 0.3) is 11.4 Å². The van der Waals surface area contributed by atoms with Crippen molar-refractivity contribution < 1.29 is 0 Å². The summed E-state index contributed by atoms with van der Waals surface area (Å²) in [5, 5.41) is 12.6. The number of hydrogen-bond donors (Lipinski definition) is 1. The molecule has 0 fully saturated rings. The van der Waals surface area contributed by atoms with Gasteiger partial charge in [0.2, 0.25) is 0 Å². The van der Waals surface area contributed by atoms with Crippen molar-refractivity contribution in [3.05, 3.63) is 23.2 Å². The van der Waals surface area contributed by atoms with E-state index in [4.69, 9.17) is 17.3 Å². The second-order valence-electron chi connectivity index (χ2n) is 5.50. The Bertz CT molecular complexity index is 579. The Labute approximate surface area is 124 Å².